The highest BCUT2D eigenvalue weighted by molar-refractivity contribution is 9.09. The van der Waals surface area contributed by atoms with Gasteiger partial charge in [-0.05, 0) is 54.2 Å². The molecule has 2 rings (SSSR count). The summed E-state index contributed by atoms with van der Waals surface area (Å²) in [6.07, 6.45) is 1.78. The molecule has 0 saturated carbocycles. The molecule has 0 aliphatic carbocycles. The van der Waals surface area contributed by atoms with E-state index in [-0.39, 0.29) is 0 Å². The molecular formula is C16H14BrCl3. The number of alkyl halides is 1. The zero-order chi connectivity index (χ0) is 14.5. The van der Waals surface area contributed by atoms with Crippen LogP contribution in [-0.2, 0) is 12.8 Å². The van der Waals surface area contributed by atoms with Crippen LogP contribution >= 0.6 is 50.7 Å². The second-order valence-electron chi connectivity index (χ2n) is 4.76. The molecule has 0 heterocycles. The van der Waals surface area contributed by atoms with Crippen molar-refractivity contribution in [2.24, 2.45) is 5.92 Å². The molecule has 0 aliphatic heterocycles. The van der Waals surface area contributed by atoms with Gasteiger partial charge >= 0.3 is 0 Å². The van der Waals surface area contributed by atoms with Crippen LogP contribution in [0.3, 0.4) is 0 Å². The second kappa shape index (κ2) is 7.70. The minimum absolute atomic E-state index is 0.422. The first-order valence-electron chi connectivity index (χ1n) is 6.33. The van der Waals surface area contributed by atoms with Crippen LogP contribution in [0.4, 0.5) is 0 Å². The largest absolute Gasteiger partial charge is 0.0925 e. The Morgan fingerprint density at radius 2 is 1.55 bits per heavy atom. The maximum atomic E-state index is 6.24. The van der Waals surface area contributed by atoms with Crippen LogP contribution < -0.4 is 0 Å². The van der Waals surface area contributed by atoms with Crippen molar-refractivity contribution >= 4 is 50.7 Å². The predicted octanol–water partition coefficient (Wildman–Crippen LogP) is 6.44. The lowest BCUT2D eigenvalue weighted by atomic mass is 9.94. The average molecular weight is 393 g/mol. The molecule has 0 fully saturated rings. The fraction of sp³-hybridized carbons (Fsp3) is 0.250. The molecule has 0 aliphatic rings. The molecule has 0 aromatic heterocycles. The molecule has 20 heavy (non-hydrogen) atoms. The van der Waals surface area contributed by atoms with Crippen molar-refractivity contribution in [3.63, 3.8) is 0 Å². The Kier molecular flexibility index (Phi) is 6.22. The van der Waals surface area contributed by atoms with Crippen LogP contribution in [0.15, 0.2) is 42.5 Å². The standard InChI is InChI=1S/C16H14BrCl3/c17-10-12(7-11-3-1-4-13(18)8-11)9-14-15(19)5-2-6-16(14)20/h1-6,8,12H,7,9-10H2. The van der Waals surface area contributed by atoms with Crippen molar-refractivity contribution in [2.45, 2.75) is 12.8 Å². The topological polar surface area (TPSA) is 0 Å². The Morgan fingerprint density at radius 3 is 2.15 bits per heavy atom. The van der Waals surface area contributed by atoms with Crippen molar-refractivity contribution in [2.75, 3.05) is 5.33 Å². The smallest absolute Gasteiger partial charge is 0.0452 e. The quantitative estimate of drug-likeness (QED) is 0.513. The van der Waals surface area contributed by atoms with Crippen molar-refractivity contribution in [3.05, 3.63) is 68.7 Å². The molecule has 4 heteroatoms. The first-order valence-corrected chi connectivity index (χ1v) is 8.59. The van der Waals surface area contributed by atoms with Gasteiger partial charge in [0.2, 0.25) is 0 Å². The predicted molar refractivity (Wildman–Crippen MR) is 92.6 cm³/mol. The van der Waals surface area contributed by atoms with Crippen LogP contribution in [0.2, 0.25) is 15.1 Å². The lowest BCUT2D eigenvalue weighted by Gasteiger charge is -2.16. The van der Waals surface area contributed by atoms with Gasteiger partial charge < -0.3 is 0 Å². The Hall–Kier alpha value is -0.210. The molecule has 1 atom stereocenters. The van der Waals surface area contributed by atoms with Crippen molar-refractivity contribution in [3.8, 4) is 0 Å². The minimum atomic E-state index is 0.422. The third kappa shape index (κ3) is 4.39. The van der Waals surface area contributed by atoms with Crippen molar-refractivity contribution in [1.82, 2.24) is 0 Å². The molecular weight excluding hydrogens is 378 g/mol. The summed E-state index contributed by atoms with van der Waals surface area (Å²) in [5, 5.41) is 3.12. The maximum absolute atomic E-state index is 6.24. The molecule has 0 spiro atoms. The number of halogens is 4. The third-order valence-corrected chi connectivity index (χ3v) is 5.05. The normalized spacial score (nSPS) is 12.4. The highest BCUT2D eigenvalue weighted by Crippen LogP contribution is 2.29. The van der Waals surface area contributed by atoms with Gasteiger partial charge in [-0.3, -0.25) is 0 Å². The highest BCUT2D eigenvalue weighted by Gasteiger charge is 2.14. The summed E-state index contributed by atoms with van der Waals surface area (Å²) in [4.78, 5) is 0. The summed E-state index contributed by atoms with van der Waals surface area (Å²) in [6.45, 7) is 0. The molecule has 1 unspecified atom stereocenters. The number of rotatable bonds is 5. The molecule has 106 valence electrons. The van der Waals surface area contributed by atoms with Gasteiger partial charge in [-0.25, -0.2) is 0 Å². The monoisotopic (exact) mass is 390 g/mol. The van der Waals surface area contributed by atoms with E-state index in [9.17, 15) is 0 Å². The van der Waals surface area contributed by atoms with E-state index in [1.807, 2.05) is 36.4 Å². The SMILES string of the molecule is Clc1cccc(CC(CBr)Cc2c(Cl)cccc2Cl)c1. The number of hydrogen-bond donors (Lipinski definition) is 0. The number of benzene rings is 2. The molecule has 2 aromatic carbocycles. The maximum Gasteiger partial charge on any atom is 0.0452 e. The van der Waals surface area contributed by atoms with Gasteiger partial charge in [-0.2, -0.15) is 0 Å². The summed E-state index contributed by atoms with van der Waals surface area (Å²) >= 11 is 22.1. The Balaban J connectivity index is 2.13. The first kappa shape index (κ1) is 16.2. The molecule has 0 N–H and O–H groups in total. The summed E-state index contributed by atoms with van der Waals surface area (Å²) < 4.78 is 0. The lowest BCUT2D eigenvalue weighted by molar-refractivity contribution is 0.591. The average Bonchev–Trinajstić information content (AvgIpc) is 2.42. The van der Waals surface area contributed by atoms with E-state index in [1.165, 1.54) is 5.56 Å². The summed E-state index contributed by atoms with van der Waals surface area (Å²) in [7, 11) is 0. The summed E-state index contributed by atoms with van der Waals surface area (Å²) in [6, 6.07) is 13.6. The van der Waals surface area contributed by atoms with Crippen LogP contribution in [0.1, 0.15) is 11.1 Å². The zero-order valence-electron chi connectivity index (χ0n) is 10.8. The minimum Gasteiger partial charge on any atom is -0.0925 e. The Bertz CT molecular complexity index is 563. The second-order valence-corrected chi connectivity index (χ2v) is 6.66. The zero-order valence-corrected chi connectivity index (χ0v) is 14.6. The molecule has 0 radical (unpaired) electrons. The fourth-order valence-electron chi connectivity index (χ4n) is 2.19. The fourth-order valence-corrected chi connectivity index (χ4v) is 3.42. The van der Waals surface area contributed by atoms with E-state index in [2.05, 4.69) is 22.0 Å². The van der Waals surface area contributed by atoms with Gasteiger partial charge in [0, 0.05) is 20.4 Å². The van der Waals surface area contributed by atoms with E-state index < -0.39 is 0 Å². The first-order chi connectivity index (χ1) is 9.60. The summed E-state index contributed by atoms with van der Waals surface area (Å²) in [5.74, 6) is 0.422. The van der Waals surface area contributed by atoms with E-state index in [0.717, 1.165) is 38.8 Å². The lowest BCUT2D eigenvalue weighted by Crippen LogP contribution is -2.10. The van der Waals surface area contributed by atoms with E-state index in [4.69, 9.17) is 34.8 Å². The van der Waals surface area contributed by atoms with Crippen LogP contribution in [0.25, 0.3) is 0 Å². The van der Waals surface area contributed by atoms with Crippen molar-refractivity contribution < 1.29 is 0 Å². The number of hydrogen-bond acceptors (Lipinski definition) is 0. The van der Waals surface area contributed by atoms with E-state index in [0.29, 0.717) is 5.92 Å². The molecule has 2 aromatic rings. The van der Waals surface area contributed by atoms with Crippen LogP contribution in [0, 0.1) is 5.92 Å². The van der Waals surface area contributed by atoms with E-state index in [1.54, 1.807) is 0 Å². The molecule has 0 bridgehead atoms. The molecule has 0 saturated heterocycles. The van der Waals surface area contributed by atoms with Gasteiger partial charge in [0.15, 0.2) is 0 Å². The van der Waals surface area contributed by atoms with Gasteiger partial charge in [0.1, 0.15) is 0 Å². The third-order valence-electron chi connectivity index (χ3n) is 3.19. The van der Waals surface area contributed by atoms with Gasteiger partial charge in [-0.1, -0.05) is 68.9 Å². The van der Waals surface area contributed by atoms with Crippen LogP contribution in [0.5, 0.6) is 0 Å². The molecule has 0 nitrogen and oxygen atoms in total. The Labute approximate surface area is 143 Å². The Morgan fingerprint density at radius 1 is 0.900 bits per heavy atom. The van der Waals surface area contributed by atoms with E-state index >= 15 is 0 Å². The van der Waals surface area contributed by atoms with Gasteiger partial charge in [0.05, 0.1) is 0 Å². The van der Waals surface area contributed by atoms with Gasteiger partial charge in [-0.15, -0.1) is 0 Å². The molecule has 0 amide bonds. The van der Waals surface area contributed by atoms with Crippen molar-refractivity contribution in [1.29, 1.82) is 0 Å². The summed E-state index contributed by atoms with van der Waals surface area (Å²) in [5.41, 5.74) is 2.24. The van der Waals surface area contributed by atoms with Gasteiger partial charge in [0.25, 0.3) is 0 Å². The van der Waals surface area contributed by atoms with Crippen LogP contribution in [-0.4, -0.2) is 5.33 Å². The highest BCUT2D eigenvalue weighted by atomic mass is 79.9.